The van der Waals surface area contributed by atoms with Gasteiger partial charge in [-0.1, -0.05) is 30.3 Å². The van der Waals surface area contributed by atoms with Crippen molar-refractivity contribution < 1.29 is 9.59 Å². The lowest BCUT2D eigenvalue weighted by Gasteiger charge is -2.15. The van der Waals surface area contributed by atoms with Crippen LogP contribution in [0, 0.1) is 0 Å². The molecule has 0 atom stereocenters. The average Bonchev–Trinajstić information content (AvgIpc) is 3.21. The molecule has 1 amide bonds. The molecule has 2 aromatic carbocycles. The van der Waals surface area contributed by atoms with Crippen LogP contribution in [0.1, 0.15) is 23.2 Å². The Hall–Kier alpha value is -2.30. The number of benzene rings is 2. The number of carbonyl (C=O) groups is 2. The minimum Gasteiger partial charge on any atom is -0.361 e. The van der Waals surface area contributed by atoms with Gasteiger partial charge in [0.25, 0.3) is 11.7 Å². The van der Waals surface area contributed by atoms with E-state index in [1.807, 2.05) is 24.4 Å². The number of hydrogen-bond donors (Lipinski definition) is 1. The van der Waals surface area contributed by atoms with Crippen LogP contribution in [0.15, 0.2) is 60.8 Å². The lowest BCUT2D eigenvalue weighted by Crippen LogP contribution is -2.30. The number of alkyl halides is 1. The fraction of sp³-hybridized carbons (Fsp3) is 0.200. The maximum absolute atomic E-state index is 11.7. The van der Waals surface area contributed by atoms with Crippen molar-refractivity contribution in [3.05, 3.63) is 66.4 Å². The minimum absolute atomic E-state index is 0. The zero-order valence-corrected chi connectivity index (χ0v) is 15.7. The second kappa shape index (κ2) is 9.41. The van der Waals surface area contributed by atoms with Crippen molar-refractivity contribution in [3.63, 3.8) is 0 Å². The van der Waals surface area contributed by atoms with Crippen LogP contribution < -0.4 is 4.90 Å². The summed E-state index contributed by atoms with van der Waals surface area (Å²) in [5.41, 5.74) is 2.45. The Bertz CT molecular complexity index is 862. The topological polar surface area (TPSA) is 53.2 Å². The van der Waals surface area contributed by atoms with Gasteiger partial charge in [-0.3, -0.25) is 9.59 Å². The summed E-state index contributed by atoms with van der Waals surface area (Å²) in [6.45, 7) is 0.564. The van der Waals surface area contributed by atoms with E-state index in [0.29, 0.717) is 18.0 Å². The Morgan fingerprint density at radius 2 is 1.65 bits per heavy atom. The van der Waals surface area contributed by atoms with Crippen LogP contribution in [-0.2, 0) is 4.79 Å². The number of nitrogens with one attached hydrogen (secondary N) is 1. The van der Waals surface area contributed by atoms with Gasteiger partial charge in [-0.15, -0.1) is 24.0 Å². The zero-order chi connectivity index (χ0) is 17.6. The first-order chi connectivity index (χ1) is 12.2. The number of ketones is 1. The van der Waals surface area contributed by atoms with E-state index in [4.69, 9.17) is 11.6 Å². The molecule has 1 N–H and O–H groups in total. The van der Waals surface area contributed by atoms with E-state index < -0.39 is 11.7 Å². The number of H-pyrrole nitrogens is 1. The summed E-state index contributed by atoms with van der Waals surface area (Å²) >= 11 is 5.58. The van der Waals surface area contributed by atoms with Crippen molar-refractivity contribution in [2.45, 2.75) is 12.8 Å². The van der Waals surface area contributed by atoms with Crippen LogP contribution in [0.3, 0.4) is 0 Å². The molecule has 0 fully saturated rings. The molecule has 4 rings (SSSR count). The standard InChI is InChI=1S/C12H12ClNO2.C8H7N.ClH/c13-7-3-4-8-14-10-6-2-1-5-9(10)11(15)12(14)16;1-2-4-8-7(3-1)5-6-9-8;/h1-2,5-6H,3-4,7-8H2;1-6,9H;1H. The van der Waals surface area contributed by atoms with Crippen molar-refractivity contribution >= 4 is 52.3 Å². The summed E-state index contributed by atoms with van der Waals surface area (Å²) in [5.74, 6) is -0.241. The van der Waals surface area contributed by atoms with Gasteiger partial charge in [0.2, 0.25) is 0 Å². The monoisotopic (exact) mass is 390 g/mol. The van der Waals surface area contributed by atoms with Crippen molar-refractivity contribution in [2.75, 3.05) is 17.3 Å². The highest BCUT2D eigenvalue weighted by Crippen LogP contribution is 2.28. The van der Waals surface area contributed by atoms with E-state index in [1.165, 1.54) is 10.9 Å². The molecular formula is C20H20Cl2N2O2. The zero-order valence-electron chi connectivity index (χ0n) is 14.2. The van der Waals surface area contributed by atoms with E-state index in [0.717, 1.165) is 18.5 Å². The van der Waals surface area contributed by atoms with Crippen LogP contribution in [0.5, 0.6) is 0 Å². The van der Waals surface area contributed by atoms with Crippen LogP contribution in [0.2, 0.25) is 0 Å². The lowest BCUT2D eigenvalue weighted by atomic mass is 10.1. The third kappa shape index (κ3) is 4.26. The summed E-state index contributed by atoms with van der Waals surface area (Å²) in [7, 11) is 0. The molecule has 6 heteroatoms. The first kappa shape index (κ1) is 20.0. The van der Waals surface area contributed by atoms with Crippen molar-refractivity contribution in [2.24, 2.45) is 0 Å². The lowest BCUT2D eigenvalue weighted by molar-refractivity contribution is -0.114. The van der Waals surface area contributed by atoms with Gasteiger partial charge < -0.3 is 9.88 Å². The molecule has 0 radical (unpaired) electrons. The number of halogens is 2. The molecule has 0 saturated heterocycles. The highest BCUT2D eigenvalue weighted by Gasteiger charge is 2.34. The average molecular weight is 391 g/mol. The van der Waals surface area contributed by atoms with Crippen LogP contribution in [0.25, 0.3) is 10.9 Å². The summed E-state index contributed by atoms with van der Waals surface area (Å²) in [5, 5.41) is 1.28. The van der Waals surface area contributed by atoms with E-state index in [9.17, 15) is 9.59 Å². The second-order valence-corrected chi connectivity index (χ2v) is 6.14. The number of hydrogen-bond acceptors (Lipinski definition) is 2. The number of unbranched alkanes of at least 4 members (excludes halogenated alkanes) is 1. The van der Waals surface area contributed by atoms with Crippen molar-refractivity contribution in [1.82, 2.24) is 4.98 Å². The van der Waals surface area contributed by atoms with Crippen LogP contribution in [-0.4, -0.2) is 29.1 Å². The smallest absolute Gasteiger partial charge is 0.299 e. The summed E-state index contributed by atoms with van der Waals surface area (Å²) in [4.78, 5) is 28.0. The van der Waals surface area contributed by atoms with Crippen LogP contribution in [0.4, 0.5) is 5.69 Å². The molecule has 136 valence electrons. The minimum atomic E-state index is -0.421. The SMILES string of the molecule is Cl.O=C1C(=O)N(CCCCCl)c2ccccc21.c1ccc2[nH]ccc2c1. The fourth-order valence-electron chi connectivity index (χ4n) is 2.83. The van der Waals surface area contributed by atoms with Gasteiger partial charge >= 0.3 is 0 Å². The maximum atomic E-state index is 11.7. The molecule has 2 heterocycles. The number of fused-ring (bicyclic) bond motifs is 2. The summed E-state index contributed by atoms with van der Waals surface area (Å²) in [6.07, 6.45) is 3.61. The molecular weight excluding hydrogens is 371 g/mol. The van der Waals surface area contributed by atoms with E-state index in [1.54, 1.807) is 23.1 Å². The highest BCUT2D eigenvalue weighted by molar-refractivity contribution is 6.52. The molecule has 26 heavy (non-hydrogen) atoms. The first-order valence-corrected chi connectivity index (χ1v) is 8.79. The Morgan fingerprint density at radius 1 is 0.923 bits per heavy atom. The third-order valence-electron chi connectivity index (χ3n) is 4.11. The van der Waals surface area contributed by atoms with Crippen molar-refractivity contribution in [1.29, 1.82) is 0 Å². The molecule has 1 aromatic heterocycles. The first-order valence-electron chi connectivity index (χ1n) is 8.25. The molecule has 1 aliphatic rings. The summed E-state index contributed by atoms with van der Waals surface area (Å²) in [6, 6.07) is 17.4. The van der Waals surface area contributed by atoms with E-state index in [-0.39, 0.29) is 12.4 Å². The predicted octanol–water partition coefficient (Wildman–Crippen LogP) is 4.82. The molecule has 0 aliphatic carbocycles. The molecule has 1 aliphatic heterocycles. The molecule has 4 nitrogen and oxygen atoms in total. The number of amides is 1. The summed E-state index contributed by atoms with van der Waals surface area (Å²) < 4.78 is 0. The molecule has 0 unspecified atom stereocenters. The second-order valence-electron chi connectivity index (χ2n) is 5.76. The van der Waals surface area contributed by atoms with Crippen LogP contribution >= 0.6 is 24.0 Å². The van der Waals surface area contributed by atoms with Crippen molar-refractivity contribution in [3.8, 4) is 0 Å². The number of anilines is 1. The molecule has 0 saturated carbocycles. The largest absolute Gasteiger partial charge is 0.361 e. The fourth-order valence-corrected chi connectivity index (χ4v) is 3.02. The van der Waals surface area contributed by atoms with Gasteiger partial charge in [-0.25, -0.2) is 0 Å². The Kier molecular flexibility index (Phi) is 7.25. The number of aromatic amines is 1. The Morgan fingerprint density at radius 3 is 2.42 bits per heavy atom. The number of aromatic nitrogens is 1. The molecule has 0 bridgehead atoms. The number of rotatable bonds is 4. The predicted molar refractivity (Wildman–Crippen MR) is 109 cm³/mol. The van der Waals surface area contributed by atoms with Gasteiger partial charge in [0.15, 0.2) is 0 Å². The van der Waals surface area contributed by atoms with E-state index >= 15 is 0 Å². The van der Waals surface area contributed by atoms with Gasteiger partial charge in [0, 0.05) is 24.1 Å². The third-order valence-corrected chi connectivity index (χ3v) is 4.37. The normalized spacial score (nSPS) is 12.4. The Labute approximate surface area is 163 Å². The molecule has 0 spiro atoms. The number of Topliss-reactive ketones (excluding diaryl/α,β-unsaturated/α-hetero) is 1. The van der Waals surface area contributed by atoms with Gasteiger partial charge in [-0.2, -0.15) is 0 Å². The maximum Gasteiger partial charge on any atom is 0.299 e. The van der Waals surface area contributed by atoms with Gasteiger partial charge in [-0.05, 0) is 42.5 Å². The van der Waals surface area contributed by atoms with Gasteiger partial charge in [0.1, 0.15) is 0 Å². The molecule has 3 aromatic rings. The highest BCUT2D eigenvalue weighted by atomic mass is 35.5. The Balaban J connectivity index is 0.000000206. The van der Waals surface area contributed by atoms with Gasteiger partial charge in [0.05, 0.1) is 11.3 Å². The number of nitrogens with zero attached hydrogens (tertiary/aromatic N) is 1. The van der Waals surface area contributed by atoms with E-state index in [2.05, 4.69) is 23.2 Å². The number of para-hydroxylation sites is 2. The number of carbonyl (C=O) groups excluding carboxylic acids is 2. The quantitative estimate of drug-likeness (QED) is 0.394.